The lowest BCUT2D eigenvalue weighted by molar-refractivity contribution is -0.167. The summed E-state index contributed by atoms with van der Waals surface area (Å²) in [5.74, 6) is -0.754. The molecule has 0 spiro atoms. The van der Waals surface area contributed by atoms with Crippen molar-refractivity contribution in [3.05, 3.63) is 71.8 Å². The molecule has 33 heavy (non-hydrogen) atoms. The van der Waals surface area contributed by atoms with Gasteiger partial charge in [-0.25, -0.2) is 4.79 Å². The van der Waals surface area contributed by atoms with Crippen LogP contribution in [0.15, 0.2) is 60.7 Å². The summed E-state index contributed by atoms with van der Waals surface area (Å²) < 4.78 is 3.38. The van der Waals surface area contributed by atoms with Gasteiger partial charge in [0.2, 0.25) is 0 Å². The third-order valence-electron chi connectivity index (χ3n) is 6.46. The predicted octanol–water partition coefficient (Wildman–Crippen LogP) is 6.16. The molecular formula is C26H32Cl3NO3. The first-order chi connectivity index (χ1) is 15.4. The number of ether oxygens (including phenoxy) is 1. The number of nitrogens with zero attached hydrogens (tertiary/aromatic N) is 1. The molecule has 0 unspecified atom stereocenters. The fraction of sp³-hybridized carbons (Fsp3) is 0.500. The summed E-state index contributed by atoms with van der Waals surface area (Å²) in [6.07, 6.45) is -0.387. The number of aliphatic hydroxyl groups is 1. The highest BCUT2D eigenvalue weighted by Crippen LogP contribution is 2.42. The van der Waals surface area contributed by atoms with Gasteiger partial charge in [0.25, 0.3) is 3.79 Å². The number of halogens is 3. The predicted molar refractivity (Wildman–Crippen MR) is 134 cm³/mol. The van der Waals surface area contributed by atoms with E-state index in [9.17, 15) is 9.90 Å². The molecule has 4 atom stereocenters. The van der Waals surface area contributed by atoms with E-state index < -0.39 is 22.0 Å². The van der Waals surface area contributed by atoms with Crippen LogP contribution < -0.4 is 0 Å². The Morgan fingerprint density at radius 1 is 0.939 bits per heavy atom. The maximum absolute atomic E-state index is 12.4. The topological polar surface area (TPSA) is 49.8 Å². The molecule has 1 fully saturated rings. The van der Waals surface area contributed by atoms with Gasteiger partial charge < -0.3 is 9.84 Å². The molecule has 1 saturated carbocycles. The first kappa shape index (κ1) is 26.3. The molecule has 0 saturated heterocycles. The molecule has 4 nitrogen and oxygen atoms in total. The molecule has 7 heteroatoms. The summed E-state index contributed by atoms with van der Waals surface area (Å²) in [7, 11) is 0. The summed E-state index contributed by atoms with van der Waals surface area (Å²) >= 11 is 17.3. The molecule has 2 aromatic carbocycles. The van der Waals surface area contributed by atoms with E-state index >= 15 is 0 Å². The summed E-state index contributed by atoms with van der Waals surface area (Å²) in [6.45, 7) is 7.80. The molecule has 1 aliphatic rings. The van der Waals surface area contributed by atoms with Crippen LogP contribution in [0.1, 0.15) is 44.7 Å². The second kappa shape index (κ2) is 11.0. The van der Waals surface area contributed by atoms with Gasteiger partial charge in [-0.15, -0.1) is 0 Å². The highest BCUT2D eigenvalue weighted by molar-refractivity contribution is 6.75. The molecule has 0 amide bonds. The zero-order chi connectivity index (χ0) is 24.2. The monoisotopic (exact) mass is 511 g/mol. The minimum atomic E-state index is -2.18. The van der Waals surface area contributed by atoms with Crippen LogP contribution in [0.3, 0.4) is 0 Å². The van der Waals surface area contributed by atoms with Crippen molar-refractivity contribution in [1.82, 2.24) is 4.90 Å². The Morgan fingerprint density at radius 3 is 1.85 bits per heavy atom. The van der Waals surface area contributed by atoms with Gasteiger partial charge in [-0.3, -0.25) is 4.90 Å². The fourth-order valence-corrected chi connectivity index (χ4v) is 4.65. The summed E-state index contributed by atoms with van der Waals surface area (Å²) in [5.41, 5.74) is 2.25. The molecule has 1 aliphatic carbocycles. The van der Waals surface area contributed by atoms with E-state index in [2.05, 4.69) is 49.9 Å². The highest BCUT2D eigenvalue weighted by atomic mass is 35.6. The highest BCUT2D eigenvalue weighted by Gasteiger charge is 2.46. The van der Waals surface area contributed by atoms with Crippen molar-refractivity contribution in [2.24, 2.45) is 11.3 Å². The smallest absolute Gasteiger partial charge is 0.358 e. The fourth-order valence-electron chi connectivity index (χ4n) is 4.52. The van der Waals surface area contributed by atoms with Gasteiger partial charge in [0.1, 0.15) is 12.2 Å². The summed E-state index contributed by atoms with van der Waals surface area (Å²) in [4.78, 5) is 14.6. The van der Waals surface area contributed by atoms with Crippen LogP contribution in [0.2, 0.25) is 0 Å². The van der Waals surface area contributed by atoms with Crippen LogP contribution >= 0.6 is 34.8 Å². The first-order valence-corrected chi connectivity index (χ1v) is 12.4. The van der Waals surface area contributed by atoms with Gasteiger partial charge in [0, 0.05) is 19.1 Å². The Hall–Kier alpha value is -1.30. The molecule has 3 rings (SSSR count). The molecule has 0 heterocycles. The number of hydrogen-bond acceptors (Lipinski definition) is 4. The molecule has 180 valence electrons. The van der Waals surface area contributed by atoms with E-state index in [1.54, 1.807) is 0 Å². The number of hydrogen-bond donors (Lipinski definition) is 1. The van der Waals surface area contributed by atoms with Crippen molar-refractivity contribution in [2.75, 3.05) is 0 Å². The number of benzene rings is 2. The van der Waals surface area contributed by atoms with Gasteiger partial charge in [0.05, 0.1) is 0 Å². The zero-order valence-electron chi connectivity index (χ0n) is 19.3. The number of alkyl halides is 3. The summed E-state index contributed by atoms with van der Waals surface area (Å²) in [5, 5.41) is 11.4. The lowest BCUT2D eigenvalue weighted by Crippen LogP contribution is -2.56. The maximum Gasteiger partial charge on any atom is 0.358 e. The van der Waals surface area contributed by atoms with E-state index in [1.165, 1.54) is 0 Å². The number of carbonyl (C=O) groups excluding carboxylic acids is 1. The third kappa shape index (κ3) is 7.34. The Labute approximate surface area is 211 Å². The van der Waals surface area contributed by atoms with Crippen LogP contribution in [0, 0.1) is 11.3 Å². The van der Waals surface area contributed by atoms with Crippen molar-refractivity contribution in [1.29, 1.82) is 0 Å². The minimum Gasteiger partial charge on any atom is -0.456 e. The van der Waals surface area contributed by atoms with Crippen molar-refractivity contribution in [3.63, 3.8) is 0 Å². The van der Waals surface area contributed by atoms with E-state index in [0.717, 1.165) is 17.5 Å². The number of aliphatic hydroxyl groups excluding tert-OH is 1. The van der Waals surface area contributed by atoms with Crippen LogP contribution in [-0.4, -0.2) is 38.0 Å². The SMILES string of the molecule is CC(C)(C)[C@@H]1C[C@@H](N(Cc2ccccc2)Cc2ccccc2)[C@@H](O)[C@H](OC(=O)C(Cl)(Cl)Cl)C1. The van der Waals surface area contributed by atoms with E-state index in [0.29, 0.717) is 19.5 Å². The van der Waals surface area contributed by atoms with Crippen LogP contribution in [0.25, 0.3) is 0 Å². The molecule has 2 aromatic rings. The average molecular weight is 513 g/mol. The Kier molecular flexibility index (Phi) is 8.74. The normalized spacial score (nSPS) is 24.0. The van der Waals surface area contributed by atoms with Crippen LogP contribution in [0.4, 0.5) is 0 Å². The number of rotatable bonds is 6. The Bertz CT molecular complexity index is 855. The van der Waals surface area contributed by atoms with Crippen LogP contribution in [0.5, 0.6) is 0 Å². The standard InChI is InChI=1S/C26H32Cl3NO3/c1-25(2,3)20-14-21(23(31)22(15-20)33-24(32)26(27,28)29)30(16-18-10-6-4-7-11-18)17-19-12-8-5-9-13-19/h4-13,20-23,31H,14-17H2,1-3H3/t20-,21-,22-,23-/m1/s1. The van der Waals surface area contributed by atoms with Gasteiger partial charge in [-0.1, -0.05) is 116 Å². The largest absolute Gasteiger partial charge is 0.456 e. The quantitative estimate of drug-likeness (QED) is 0.372. The van der Waals surface area contributed by atoms with E-state index in [4.69, 9.17) is 39.5 Å². The van der Waals surface area contributed by atoms with Crippen LogP contribution in [-0.2, 0) is 22.6 Å². The zero-order valence-corrected chi connectivity index (χ0v) is 21.5. The van der Waals surface area contributed by atoms with Gasteiger partial charge in [0.15, 0.2) is 0 Å². The van der Waals surface area contributed by atoms with Gasteiger partial charge in [-0.05, 0) is 35.3 Å². The van der Waals surface area contributed by atoms with E-state index in [-0.39, 0.29) is 17.4 Å². The minimum absolute atomic E-state index is 0.0474. The van der Waals surface area contributed by atoms with Crippen molar-refractivity contribution in [3.8, 4) is 0 Å². The molecule has 0 aromatic heterocycles. The summed E-state index contributed by atoms with van der Waals surface area (Å²) in [6, 6.07) is 20.1. The second-order valence-electron chi connectivity index (χ2n) is 9.91. The molecule has 0 radical (unpaired) electrons. The Balaban J connectivity index is 1.93. The lowest BCUT2D eigenvalue weighted by Gasteiger charge is -2.47. The van der Waals surface area contributed by atoms with Crippen molar-refractivity contribution < 1.29 is 14.6 Å². The second-order valence-corrected chi connectivity index (χ2v) is 12.2. The molecule has 0 bridgehead atoms. The lowest BCUT2D eigenvalue weighted by atomic mass is 9.68. The first-order valence-electron chi connectivity index (χ1n) is 11.2. The van der Waals surface area contributed by atoms with Gasteiger partial charge >= 0.3 is 5.97 Å². The average Bonchev–Trinajstić information content (AvgIpc) is 2.74. The van der Waals surface area contributed by atoms with Crippen molar-refractivity contribution in [2.45, 2.75) is 68.7 Å². The van der Waals surface area contributed by atoms with E-state index in [1.807, 2.05) is 36.4 Å². The maximum atomic E-state index is 12.4. The Morgan fingerprint density at radius 2 is 1.42 bits per heavy atom. The third-order valence-corrected chi connectivity index (χ3v) is 6.92. The number of esters is 1. The number of carbonyl (C=O) groups is 1. The molecule has 1 N–H and O–H groups in total. The molecule has 0 aliphatic heterocycles. The van der Waals surface area contributed by atoms with Crippen molar-refractivity contribution >= 4 is 40.8 Å². The van der Waals surface area contributed by atoms with Gasteiger partial charge in [-0.2, -0.15) is 0 Å². The molecular weight excluding hydrogens is 481 g/mol.